The van der Waals surface area contributed by atoms with E-state index in [4.69, 9.17) is 38.4 Å². The molecule has 0 bridgehead atoms. The second kappa shape index (κ2) is 7.00. The monoisotopic (exact) mass is 359 g/mol. The number of thiophene rings is 1. The number of carbonyl (C=O) groups is 2. The van der Waals surface area contributed by atoms with Crippen LogP contribution in [0.4, 0.5) is 5.69 Å². The summed E-state index contributed by atoms with van der Waals surface area (Å²) in [6, 6.07) is 5.93. The van der Waals surface area contributed by atoms with Crippen LogP contribution >= 0.6 is 34.5 Å². The molecule has 1 aromatic carbocycles. The van der Waals surface area contributed by atoms with Crippen molar-refractivity contribution >= 4 is 52.0 Å². The highest BCUT2D eigenvalue weighted by Crippen LogP contribution is 2.29. The van der Waals surface area contributed by atoms with Crippen LogP contribution in [0.15, 0.2) is 24.3 Å². The van der Waals surface area contributed by atoms with E-state index in [9.17, 15) is 9.59 Å². The first kappa shape index (κ1) is 16.6. The Kier molecular flexibility index (Phi) is 5.28. The lowest BCUT2D eigenvalue weighted by atomic mass is 10.2. The molecular weight excluding hydrogens is 349 g/mol. The van der Waals surface area contributed by atoms with E-state index in [1.54, 1.807) is 12.1 Å². The minimum atomic E-state index is -0.727. The second-order valence-corrected chi connectivity index (χ2v) is 6.30. The van der Waals surface area contributed by atoms with Crippen molar-refractivity contribution in [3.63, 3.8) is 0 Å². The van der Waals surface area contributed by atoms with Crippen molar-refractivity contribution in [3.8, 4) is 5.75 Å². The molecule has 1 aromatic heterocycles. The molecule has 2 rings (SSSR count). The van der Waals surface area contributed by atoms with Crippen LogP contribution in [0.3, 0.4) is 0 Å². The van der Waals surface area contributed by atoms with Gasteiger partial charge in [-0.3, -0.25) is 4.79 Å². The normalized spacial score (nSPS) is 10.3. The zero-order chi connectivity index (χ0) is 16.3. The fraction of sp³-hybridized carbons (Fsp3) is 0.143. The first-order chi connectivity index (χ1) is 10.4. The largest absolute Gasteiger partial charge is 0.496 e. The Hall–Kier alpha value is -1.76. The molecule has 0 atom stereocenters. The molecule has 0 spiro atoms. The number of nitrogen functional groups attached to an aromatic ring is 1. The molecule has 0 aliphatic rings. The molecule has 0 saturated heterocycles. The van der Waals surface area contributed by atoms with E-state index in [1.165, 1.54) is 19.2 Å². The van der Waals surface area contributed by atoms with Gasteiger partial charge in [0, 0.05) is 6.07 Å². The fourth-order valence-corrected chi connectivity index (χ4v) is 2.77. The first-order valence-corrected chi connectivity index (χ1v) is 7.58. The maximum atomic E-state index is 12.1. The van der Waals surface area contributed by atoms with Gasteiger partial charge in [0.15, 0.2) is 6.61 Å². The standard InChI is InChI=1S/C14H11Cl2NO4S/c1-20-11-5-9(17)8(15)4-7(11)14(19)21-6-10(18)12-2-3-13(16)22-12/h2-5H,6,17H2,1H3. The van der Waals surface area contributed by atoms with Crippen molar-refractivity contribution in [1.82, 2.24) is 0 Å². The van der Waals surface area contributed by atoms with Crippen LogP contribution in [-0.4, -0.2) is 25.5 Å². The van der Waals surface area contributed by atoms with E-state index in [0.29, 0.717) is 9.21 Å². The lowest BCUT2D eigenvalue weighted by Gasteiger charge is -2.10. The van der Waals surface area contributed by atoms with Crippen LogP contribution in [-0.2, 0) is 4.74 Å². The molecule has 0 fully saturated rings. The topological polar surface area (TPSA) is 78.6 Å². The van der Waals surface area contributed by atoms with Gasteiger partial charge in [0.2, 0.25) is 5.78 Å². The summed E-state index contributed by atoms with van der Waals surface area (Å²) >= 11 is 12.7. The number of hydrogen-bond acceptors (Lipinski definition) is 6. The molecule has 8 heteroatoms. The van der Waals surface area contributed by atoms with Crippen LogP contribution < -0.4 is 10.5 Å². The molecule has 1 heterocycles. The third-order valence-electron chi connectivity index (χ3n) is 2.72. The number of Topliss-reactive ketones (excluding diaryl/α,β-unsaturated/α-hetero) is 1. The molecule has 0 unspecified atom stereocenters. The quantitative estimate of drug-likeness (QED) is 0.500. The number of rotatable bonds is 5. The molecule has 0 aliphatic heterocycles. The number of halogens is 2. The van der Waals surface area contributed by atoms with Gasteiger partial charge in [-0.15, -0.1) is 11.3 Å². The number of hydrogen-bond donors (Lipinski definition) is 1. The van der Waals surface area contributed by atoms with E-state index >= 15 is 0 Å². The number of carbonyl (C=O) groups excluding carboxylic acids is 2. The third-order valence-corrected chi connectivity index (χ3v) is 4.32. The average molecular weight is 360 g/mol. The summed E-state index contributed by atoms with van der Waals surface area (Å²) in [4.78, 5) is 24.3. The Morgan fingerprint density at radius 3 is 2.59 bits per heavy atom. The van der Waals surface area contributed by atoms with Gasteiger partial charge >= 0.3 is 5.97 Å². The molecule has 0 saturated carbocycles. The van der Waals surface area contributed by atoms with Crippen molar-refractivity contribution in [2.24, 2.45) is 0 Å². The number of benzene rings is 1. The number of anilines is 1. The molecule has 0 radical (unpaired) electrons. The minimum Gasteiger partial charge on any atom is -0.496 e. The molecule has 0 amide bonds. The summed E-state index contributed by atoms with van der Waals surface area (Å²) in [5.41, 5.74) is 6.01. The summed E-state index contributed by atoms with van der Waals surface area (Å²) in [7, 11) is 1.39. The number of methoxy groups -OCH3 is 1. The number of nitrogens with two attached hydrogens (primary N) is 1. The maximum absolute atomic E-state index is 12.1. The van der Waals surface area contributed by atoms with Crippen LogP contribution in [0.1, 0.15) is 20.0 Å². The van der Waals surface area contributed by atoms with E-state index in [-0.39, 0.29) is 27.8 Å². The van der Waals surface area contributed by atoms with Gasteiger partial charge in [-0.25, -0.2) is 4.79 Å². The zero-order valence-corrected chi connectivity index (χ0v) is 13.7. The summed E-state index contributed by atoms with van der Waals surface area (Å²) < 4.78 is 10.5. The summed E-state index contributed by atoms with van der Waals surface area (Å²) in [6.45, 7) is -0.402. The Morgan fingerprint density at radius 1 is 1.27 bits per heavy atom. The third kappa shape index (κ3) is 3.71. The molecule has 0 aliphatic carbocycles. The number of ketones is 1. The van der Waals surface area contributed by atoms with E-state index in [1.807, 2.05) is 0 Å². The van der Waals surface area contributed by atoms with Gasteiger partial charge in [0.05, 0.1) is 27.0 Å². The summed E-state index contributed by atoms with van der Waals surface area (Å²) in [5.74, 6) is -0.848. The van der Waals surface area contributed by atoms with Gasteiger partial charge in [-0.05, 0) is 18.2 Å². The SMILES string of the molecule is COc1cc(N)c(Cl)cc1C(=O)OCC(=O)c1ccc(Cl)s1. The predicted molar refractivity (Wildman–Crippen MR) is 86.4 cm³/mol. The van der Waals surface area contributed by atoms with Gasteiger partial charge in [0.25, 0.3) is 0 Å². The van der Waals surface area contributed by atoms with Crippen LogP contribution in [0.2, 0.25) is 9.36 Å². The van der Waals surface area contributed by atoms with Crippen molar-refractivity contribution in [3.05, 3.63) is 44.1 Å². The van der Waals surface area contributed by atoms with Crippen molar-refractivity contribution in [1.29, 1.82) is 0 Å². The highest BCUT2D eigenvalue weighted by molar-refractivity contribution is 7.18. The molecule has 2 aromatic rings. The lowest BCUT2D eigenvalue weighted by molar-refractivity contribution is 0.0472. The van der Waals surface area contributed by atoms with E-state index in [2.05, 4.69) is 0 Å². The van der Waals surface area contributed by atoms with Crippen LogP contribution in [0.25, 0.3) is 0 Å². The lowest BCUT2D eigenvalue weighted by Crippen LogP contribution is -2.14. The van der Waals surface area contributed by atoms with Crippen molar-refractivity contribution in [2.75, 3.05) is 19.5 Å². The second-order valence-electron chi connectivity index (χ2n) is 4.18. The predicted octanol–water partition coefficient (Wildman–Crippen LogP) is 3.69. The van der Waals surface area contributed by atoms with Crippen LogP contribution in [0.5, 0.6) is 5.75 Å². The van der Waals surface area contributed by atoms with Gasteiger partial charge in [-0.1, -0.05) is 23.2 Å². The molecule has 116 valence electrons. The summed E-state index contributed by atoms with van der Waals surface area (Å²) in [6.07, 6.45) is 0. The summed E-state index contributed by atoms with van der Waals surface area (Å²) in [5, 5.41) is 0.198. The smallest absolute Gasteiger partial charge is 0.342 e. The Balaban J connectivity index is 2.09. The molecule has 2 N–H and O–H groups in total. The Morgan fingerprint density at radius 2 is 2.00 bits per heavy atom. The molecule has 22 heavy (non-hydrogen) atoms. The highest BCUT2D eigenvalue weighted by Gasteiger charge is 2.18. The average Bonchev–Trinajstić information content (AvgIpc) is 2.93. The fourth-order valence-electron chi connectivity index (χ4n) is 1.64. The van der Waals surface area contributed by atoms with Crippen molar-refractivity contribution in [2.45, 2.75) is 0 Å². The van der Waals surface area contributed by atoms with Gasteiger partial charge in [0.1, 0.15) is 11.3 Å². The highest BCUT2D eigenvalue weighted by atomic mass is 35.5. The van der Waals surface area contributed by atoms with E-state index in [0.717, 1.165) is 11.3 Å². The first-order valence-electron chi connectivity index (χ1n) is 6.01. The van der Waals surface area contributed by atoms with E-state index < -0.39 is 12.6 Å². The molecular formula is C14H11Cl2NO4S. The van der Waals surface area contributed by atoms with Crippen LogP contribution in [0, 0.1) is 0 Å². The van der Waals surface area contributed by atoms with Crippen molar-refractivity contribution < 1.29 is 19.1 Å². The Bertz CT molecular complexity index is 730. The number of esters is 1. The van der Waals surface area contributed by atoms with Gasteiger partial charge in [-0.2, -0.15) is 0 Å². The minimum absolute atomic E-state index is 0.0960. The number of ether oxygens (including phenoxy) is 2. The maximum Gasteiger partial charge on any atom is 0.342 e. The Labute approximate surface area is 140 Å². The zero-order valence-electron chi connectivity index (χ0n) is 11.4. The van der Waals surface area contributed by atoms with Gasteiger partial charge < -0.3 is 15.2 Å². The molecule has 5 nitrogen and oxygen atoms in total.